The quantitative estimate of drug-likeness (QED) is 0.770. The molecule has 0 bridgehead atoms. The van der Waals surface area contributed by atoms with Crippen LogP contribution in [0.3, 0.4) is 0 Å². The fraction of sp³-hybridized carbons (Fsp3) is 0.409. The smallest absolute Gasteiger partial charge is 0.180 e. The molecule has 3 heterocycles. The minimum atomic E-state index is -0.787. The summed E-state index contributed by atoms with van der Waals surface area (Å²) in [6, 6.07) is 11.9. The summed E-state index contributed by atoms with van der Waals surface area (Å²) in [5.74, 6) is 1.01. The van der Waals surface area contributed by atoms with Gasteiger partial charge < -0.3 is 19.0 Å². The normalized spacial score (nSPS) is 27.4. The molecule has 3 aromatic rings. The lowest BCUT2D eigenvalue weighted by molar-refractivity contribution is -0.172. The molecular weight excluding hydrogens is 340 g/mol. The van der Waals surface area contributed by atoms with Crippen molar-refractivity contribution in [1.29, 1.82) is 0 Å². The monoisotopic (exact) mass is 364 g/mol. The van der Waals surface area contributed by atoms with E-state index in [1.54, 1.807) is 7.11 Å². The summed E-state index contributed by atoms with van der Waals surface area (Å²) in [7, 11) is 1.70. The lowest BCUT2D eigenvalue weighted by atomic mass is 9.77. The van der Waals surface area contributed by atoms with Gasteiger partial charge in [-0.15, -0.1) is 0 Å². The van der Waals surface area contributed by atoms with Gasteiger partial charge in [0.2, 0.25) is 0 Å². The first-order valence-corrected chi connectivity index (χ1v) is 9.51. The first-order valence-electron chi connectivity index (χ1n) is 9.51. The van der Waals surface area contributed by atoms with Crippen LogP contribution >= 0.6 is 0 Å². The number of aliphatic hydroxyl groups excluding tert-OH is 1. The Morgan fingerprint density at radius 2 is 1.93 bits per heavy atom. The number of rotatable bonds is 3. The molecule has 2 aromatic heterocycles. The third kappa shape index (κ3) is 2.22. The summed E-state index contributed by atoms with van der Waals surface area (Å²) in [6.45, 7) is 4.06. The molecule has 27 heavy (non-hydrogen) atoms. The van der Waals surface area contributed by atoms with Crippen molar-refractivity contribution in [2.24, 2.45) is 5.92 Å². The number of aryl methyl sites for hydroxylation is 2. The number of aliphatic hydroxyl groups is 1. The van der Waals surface area contributed by atoms with Crippen LogP contribution in [-0.4, -0.2) is 27.7 Å². The van der Waals surface area contributed by atoms with E-state index in [9.17, 15) is 5.11 Å². The predicted molar refractivity (Wildman–Crippen MR) is 102 cm³/mol. The summed E-state index contributed by atoms with van der Waals surface area (Å²) in [4.78, 5) is 4.76. The van der Waals surface area contributed by atoms with Gasteiger partial charge >= 0.3 is 0 Å². The molecule has 2 aliphatic rings. The second-order valence-corrected chi connectivity index (χ2v) is 7.70. The van der Waals surface area contributed by atoms with Crippen molar-refractivity contribution in [2.75, 3.05) is 7.11 Å². The van der Waals surface area contributed by atoms with E-state index >= 15 is 0 Å². The Kier molecular flexibility index (Phi) is 3.61. The van der Waals surface area contributed by atoms with Gasteiger partial charge in [-0.25, -0.2) is 4.98 Å². The van der Waals surface area contributed by atoms with E-state index < -0.39 is 17.8 Å². The molecular formula is C22H24N2O3. The fourth-order valence-electron chi connectivity index (χ4n) is 4.58. The molecule has 1 aliphatic heterocycles. The number of ether oxygens (including phenoxy) is 2. The number of hydrogen-bond donors (Lipinski definition) is 1. The Balaban J connectivity index is 1.78. The minimum Gasteiger partial charge on any atom is -0.479 e. The molecule has 5 nitrogen and oxygen atoms in total. The van der Waals surface area contributed by atoms with Crippen LogP contribution in [0.15, 0.2) is 42.6 Å². The molecule has 0 spiro atoms. The third-order valence-corrected chi connectivity index (χ3v) is 6.27. The van der Waals surface area contributed by atoms with Crippen LogP contribution in [0.25, 0.3) is 5.65 Å². The Bertz CT molecular complexity index is 1010. The Hall–Kier alpha value is -2.37. The maximum atomic E-state index is 11.4. The summed E-state index contributed by atoms with van der Waals surface area (Å²) >= 11 is 0. The molecule has 1 aliphatic carbocycles. The SMILES string of the molecule is COC1(C2CC2)c2ccn3c(C)c(C)nc3c2O[C@H](c2ccccc2)C1O. The number of hydrogen-bond acceptors (Lipinski definition) is 4. The number of pyridine rings is 1. The molecule has 0 radical (unpaired) electrons. The molecule has 1 aromatic carbocycles. The van der Waals surface area contributed by atoms with Crippen molar-refractivity contribution >= 4 is 5.65 Å². The van der Waals surface area contributed by atoms with Crippen molar-refractivity contribution in [3.63, 3.8) is 0 Å². The first kappa shape index (κ1) is 16.8. The van der Waals surface area contributed by atoms with E-state index in [-0.39, 0.29) is 5.92 Å². The van der Waals surface area contributed by atoms with Crippen LogP contribution in [0.4, 0.5) is 0 Å². The van der Waals surface area contributed by atoms with E-state index in [0.717, 1.165) is 46.8 Å². The van der Waals surface area contributed by atoms with Crippen molar-refractivity contribution in [2.45, 2.75) is 44.5 Å². The number of methoxy groups -OCH3 is 1. The molecule has 2 unspecified atom stereocenters. The average Bonchev–Trinajstić information content (AvgIpc) is 3.49. The average molecular weight is 364 g/mol. The lowest BCUT2D eigenvalue weighted by Gasteiger charge is -2.46. The van der Waals surface area contributed by atoms with Crippen molar-refractivity contribution < 1.29 is 14.6 Å². The molecule has 1 saturated carbocycles. The molecule has 1 fully saturated rings. The van der Waals surface area contributed by atoms with Crippen LogP contribution in [0, 0.1) is 19.8 Å². The largest absolute Gasteiger partial charge is 0.479 e. The molecule has 5 rings (SSSR count). The zero-order valence-electron chi connectivity index (χ0n) is 15.8. The number of nitrogens with zero attached hydrogens (tertiary/aromatic N) is 2. The van der Waals surface area contributed by atoms with E-state index in [4.69, 9.17) is 14.5 Å². The van der Waals surface area contributed by atoms with Gasteiger partial charge in [-0.3, -0.25) is 0 Å². The van der Waals surface area contributed by atoms with Gasteiger partial charge in [-0.1, -0.05) is 30.3 Å². The number of fused-ring (bicyclic) bond motifs is 3. The predicted octanol–water partition coefficient (Wildman–Crippen LogP) is 3.70. The molecule has 140 valence electrons. The van der Waals surface area contributed by atoms with Gasteiger partial charge in [0.05, 0.1) is 5.69 Å². The maximum Gasteiger partial charge on any atom is 0.180 e. The highest BCUT2D eigenvalue weighted by Gasteiger charge is 2.59. The minimum absolute atomic E-state index is 0.283. The summed E-state index contributed by atoms with van der Waals surface area (Å²) in [5.41, 5.74) is 3.93. The van der Waals surface area contributed by atoms with Crippen LogP contribution in [0.2, 0.25) is 0 Å². The highest BCUT2D eigenvalue weighted by Crippen LogP contribution is 2.58. The second kappa shape index (κ2) is 5.81. The Labute approximate surface area is 158 Å². The van der Waals surface area contributed by atoms with Gasteiger partial charge in [0, 0.05) is 24.6 Å². The third-order valence-electron chi connectivity index (χ3n) is 6.27. The van der Waals surface area contributed by atoms with Crippen molar-refractivity contribution in [3.8, 4) is 5.75 Å². The Morgan fingerprint density at radius 3 is 2.59 bits per heavy atom. The van der Waals surface area contributed by atoms with Crippen LogP contribution in [0.5, 0.6) is 5.75 Å². The van der Waals surface area contributed by atoms with Gasteiger partial charge in [-0.05, 0) is 44.2 Å². The van der Waals surface area contributed by atoms with E-state index in [1.165, 1.54) is 0 Å². The first-order chi connectivity index (χ1) is 13.1. The standard InChI is InChI=1S/C22H24N2O3/c1-13-14(2)24-12-11-17-19(21(24)23-13)27-18(15-7-5-4-6-8-15)20(25)22(17,26-3)16-9-10-16/h4-8,11-12,16,18,20,25H,9-10H2,1-3H3/t18-,20?,22?/m1/s1. The summed E-state index contributed by atoms with van der Waals surface area (Å²) in [5, 5.41) is 11.4. The molecule has 0 saturated heterocycles. The van der Waals surface area contributed by atoms with E-state index in [1.807, 2.05) is 49.5 Å². The van der Waals surface area contributed by atoms with Crippen molar-refractivity contribution in [1.82, 2.24) is 9.38 Å². The van der Waals surface area contributed by atoms with E-state index in [0.29, 0.717) is 0 Å². The van der Waals surface area contributed by atoms with Crippen LogP contribution in [0.1, 0.15) is 41.5 Å². The molecule has 5 heteroatoms. The fourth-order valence-corrected chi connectivity index (χ4v) is 4.58. The van der Waals surface area contributed by atoms with Gasteiger partial charge in [0.15, 0.2) is 17.5 Å². The second-order valence-electron chi connectivity index (χ2n) is 7.70. The van der Waals surface area contributed by atoms with Gasteiger partial charge in [0.1, 0.15) is 11.7 Å². The van der Waals surface area contributed by atoms with Crippen LogP contribution < -0.4 is 4.74 Å². The van der Waals surface area contributed by atoms with Gasteiger partial charge in [-0.2, -0.15) is 0 Å². The highest BCUT2D eigenvalue weighted by molar-refractivity contribution is 5.63. The topological polar surface area (TPSA) is 56.0 Å². The molecule has 1 N–H and O–H groups in total. The zero-order chi connectivity index (χ0) is 18.8. The highest BCUT2D eigenvalue weighted by atomic mass is 16.5. The van der Waals surface area contributed by atoms with Gasteiger partial charge in [0.25, 0.3) is 0 Å². The van der Waals surface area contributed by atoms with Crippen molar-refractivity contribution in [3.05, 3.63) is 65.1 Å². The van der Waals surface area contributed by atoms with E-state index in [2.05, 4.69) is 11.3 Å². The maximum absolute atomic E-state index is 11.4. The number of imidazole rings is 1. The summed E-state index contributed by atoms with van der Waals surface area (Å²) in [6.07, 6.45) is 2.82. The summed E-state index contributed by atoms with van der Waals surface area (Å²) < 4.78 is 14.6. The zero-order valence-corrected chi connectivity index (χ0v) is 15.8. The molecule has 3 atom stereocenters. The number of aromatic nitrogens is 2. The lowest BCUT2D eigenvalue weighted by Crippen LogP contribution is -2.51. The van der Waals surface area contributed by atoms with Crippen LogP contribution in [-0.2, 0) is 10.3 Å². The number of benzene rings is 1. The Morgan fingerprint density at radius 1 is 1.19 bits per heavy atom. The molecule has 0 amide bonds.